The first kappa shape index (κ1) is 22.3. The van der Waals surface area contributed by atoms with Gasteiger partial charge < -0.3 is 29.5 Å². The van der Waals surface area contributed by atoms with Crippen LogP contribution in [0.2, 0.25) is 0 Å². The molecule has 1 saturated heterocycles. The molecular formula is C23H28N2O6. The van der Waals surface area contributed by atoms with Crippen molar-refractivity contribution in [2.45, 2.75) is 25.9 Å². The van der Waals surface area contributed by atoms with E-state index >= 15 is 0 Å². The van der Waals surface area contributed by atoms with Gasteiger partial charge in [-0.1, -0.05) is 12.1 Å². The minimum atomic E-state index is -0.480. The van der Waals surface area contributed by atoms with Crippen molar-refractivity contribution in [1.29, 1.82) is 0 Å². The molecule has 0 saturated carbocycles. The maximum absolute atomic E-state index is 12.9. The molecule has 166 valence electrons. The molecule has 0 unspecified atom stereocenters. The van der Waals surface area contributed by atoms with Crippen molar-refractivity contribution in [3.05, 3.63) is 54.1 Å². The summed E-state index contributed by atoms with van der Waals surface area (Å²) in [7, 11) is 0. The smallest absolute Gasteiger partial charge is 0.407 e. The van der Waals surface area contributed by atoms with E-state index < -0.39 is 6.09 Å². The fourth-order valence-electron chi connectivity index (χ4n) is 3.33. The molecule has 2 amide bonds. The van der Waals surface area contributed by atoms with Gasteiger partial charge in [0.25, 0.3) is 5.91 Å². The normalized spacial score (nSPS) is 14.0. The highest BCUT2D eigenvalue weighted by molar-refractivity contribution is 5.94. The number of rotatable bonds is 8. The Balaban J connectivity index is 1.46. The molecule has 2 aromatic rings. The highest BCUT2D eigenvalue weighted by atomic mass is 16.5. The van der Waals surface area contributed by atoms with E-state index in [9.17, 15) is 14.7 Å². The maximum Gasteiger partial charge on any atom is 0.407 e. The van der Waals surface area contributed by atoms with Crippen molar-refractivity contribution >= 4 is 12.0 Å². The Morgan fingerprint density at radius 1 is 1.10 bits per heavy atom. The number of phenolic OH excluding ortho intramolecular Hbond substituents is 1. The van der Waals surface area contributed by atoms with Crippen LogP contribution in [-0.2, 0) is 4.74 Å². The first-order chi connectivity index (χ1) is 15.0. The van der Waals surface area contributed by atoms with Gasteiger partial charge in [0.2, 0.25) is 0 Å². The summed E-state index contributed by atoms with van der Waals surface area (Å²) >= 11 is 0. The Kier molecular flexibility index (Phi) is 7.98. The number of hydrogen-bond acceptors (Lipinski definition) is 6. The van der Waals surface area contributed by atoms with Crippen LogP contribution in [0, 0.1) is 0 Å². The van der Waals surface area contributed by atoms with Gasteiger partial charge in [-0.05, 0) is 37.3 Å². The molecule has 0 radical (unpaired) electrons. The average Bonchev–Trinajstić information content (AvgIpc) is 2.77. The predicted molar refractivity (Wildman–Crippen MR) is 115 cm³/mol. The SMILES string of the molecule is CCOC(=O)NCCOc1cccc(C(=O)N2CCC(Oc3cccc(O)c3)CC2)c1. The fourth-order valence-corrected chi connectivity index (χ4v) is 3.33. The topological polar surface area (TPSA) is 97.3 Å². The minimum absolute atomic E-state index is 0.00687. The number of nitrogens with zero attached hydrogens (tertiary/aromatic N) is 1. The Labute approximate surface area is 181 Å². The molecule has 1 aliphatic heterocycles. The molecule has 2 aromatic carbocycles. The number of phenols is 1. The highest BCUT2D eigenvalue weighted by Crippen LogP contribution is 2.23. The number of alkyl carbamates (subject to hydrolysis) is 1. The Bertz CT molecular complexity index is 880. The summed E-state index contributed by atoms with van der Waals surface area (Å²) in [5.41, 5.74) is 0.559. The maximum atomic E-state index is 12.9. The van der Waals surface area contributed by atoms with E-state index in [4.69, 9.17) is 14.2 Å². The number of amides is 2. The molecule has 2 N–H and O–H groups in total. The van der Waals surface area contributed by atoms with Crippen molar-refractivity contribution in [3.8, 4) is 17.2 Å². The zero-order valence-electron chi connectivity index (χ0n) is 17.6. The summed E-state index contributed by atoms with van der Waals surface area (Å²) in [6.07, 6.45) is 0.965. The van der Waals surface area contributed by atoms with Crippen LogP contribution >= 0.6 is 0 Å². The van der Waals surface area contributed by atoms with Crippen molar-refractivity contribution in [1.82, 2.24) is 10.2 Å². The molecule has 1 fully saturated rings. The number of likely N-dealkylation sites (tertiary alicyclic amines) is 1. The number of carbonyl (C=O) groups is 2. The highest BCUT2D eigenvalue weighted by Gasteiger charge is 2.25. The van der Waals surface area contributed by atoms with Crippen molar-refractivity contribution in [2.24, 2.45) is 0 Å². The van der Waals surface area contributed by atoms with Gasteiger partial charge in [0.05, 0.1) is 13.2 Å². The second kappa shape index (κ2) is 11.1. The van der Waals surface area contributed by atoms with Crippen LogP contribution in [0.5, 0.6) is 17.2 Å². The van der Waals surface area contributed by atoms with Gasteiger partial charge in [-0.3, -0.25) is 4.79 Å². The zero-order chi connectivity index (χ0) is 22.1. The minimum Gasteiger partial charge on any atom is -0.508 e. The monoisotopic (exact) mass is 428 g/mol. The first-order valence-corrected chi connectivity index (χ1v) is 10.4. The molecule has 8 nitrogen and oxygen atoms in total. The van der Waals surface area contributed by atoms with Crippen LogP contribution < -0.4 is 14.8 Å². The van der Waals surface area contributed by atoms with E-state index in [0.29, 0.717) is 43.3 Å². The third kappa shape index (κ3) is 6.80. The van der Waals surface area contributed by atoms with Gasteiger partial charge in [0.15, 0.2) is 0 Å². The van der Waals surface area contributed by atoms with Gasteiger partial charge in [-0.25, -0.2) is 4.79 Å². The van der Waals surface area contributed by atoms with Gasteiger partial charge in [-0.15, -0.1) is 0 Å². The second-order valence-electron chi connectivity index (χ2n) is 7.13. The molecular weight excluding hydrogens is 400 g/mol. The first-order valence-electron chi connectivity index (χ1n) is 10.4. The Hall–Kier alpha value is -3.42. The molecule has 0 aromatic heterocycles. The number of benzene rings is 2. The summed E-state index contributed by atoms with van der Waals surface area (Å²) in [4.78, 5) is 25.9. The van der Waals surface area contributed by atoms with Crippen LogP contribution in [0.1, 0.15) is 30.1 Å². The van der Waals surface area contributed by atoms with Crippen LogP contribution in [0.15, 0.2) is 48.5 Å². The molecule has 0 spiro atoms. The van der Waals surface area contributed by atoms with Crippen LogP contribution in [0.4, 0.5) is 4.79 Å². The van der Waals surface area contributed by atoms with E-state index in [2.05, 4.69) is 5.32 Å². The average molecular weight is 428 g/mol. The number of hydrogen-bond donors (Lipinski definition) is 2. The van der Waals surface area contributed by atoms with Crippen molar-refractivity contribution in [2.75, 3.05) is 32.8 Å². The molecule has 0 atom stereocenters. The lowest BCUT2D eigenvalue weighted by Crippen LogP contribution is -2.41. The lowest BCUT2D eigenvalue weighted by Gasteiger charge is -2.32. The predicted octanol–water partition coefficient (Wildman–Crippen LogP) is 3.20. The summed E-state index contributed by atoms with van der Waals surface area (Å²) in [6, 6.07) is 13.8. The molecule has 1 aliphatic rings. The quantitative estimate of drug-likeness (QED) is 0.627. The van der Waals surface area contributed by atoms with Gasteiger partial charge >= 0.3 is 6.09 Å². The van der Waals surface area contributed by atoms with E-state index in [1.165, 1.54) is 0 Å². The third-order valence-electron chi connectivity index (χ3n) is 4.85. The van der Waals surface area contributed by atoms with Crippen LogP contribution in [0.3, 0.4) is 0 Å². The van der Waals surface area contributed by atoms with E-state index in [1.54, 1.807) is 49.4 Å². The molecule has 31 heavy (non-hydrogen) atoms. The Morgan fingerprint density at radius 2 is 1.84 bits per heavy atom. The summed E-state index contributed by atoms with van der Waals surface area (Å²) in [5, 5.41) is 12.1. The molecule has 8 heteroatoms. The fraction of sp³-hybridized carbons (Fsp3) is 0.391. The second-order valence-corrected chi connectivity index (χ2v) is 7.13. The largest absolute Gasteiger partial charge is 0.508 e. The standard InChI is InChI=1S/C23H28N2O6/c1-2-29-23(28)24-11-14-30-20-7-3-5-17(15-20)22(27)25-12-9-19(10-13-25)31-21-8-4-6-18(26)16-21/h3-8,15-16,19,26H,2,9-14H2,1H3,(H,24,28). The number of ether oxygens (including phenoxy) is 3. The van der Waals surface area contributed by atoms with Crippen molar-refractivity contribution < 1.29 is 28.9 Å². The Morgan fingerprint density at radius 3 is 2.58 bits per heavy atom. The van der Waals surface area contributed by atoms with Gasteiger partial charge in [-0.2, -0.15) is 0 Å². The number of carbonyl (C=O) groups excluding carboxylic acids is 2. The van der Waals surface area contributed by atoms with Crippen molar-refractivity contribution in [3.63, 3.8) is 0 Å². The van der Waals surface area contributed by atoms with Gasteiger partial charge in [0, 0.05) is 37.6 Å². The number of piperidine rings is 1. The van der Waals surface area contributed by atoms with E-state index in [-0.39, 0.29) is 24.4 Å². The molecule has 0 bridgehead atoms. The lowest BCUT2D eigenvalue weighted by molar-refractivity contribution is 0.0595. The summed E-state index contributed by atoms with van der Waals surface area (Å²) in [6.45, 7) is 3.82. The summed E-state index contributed by atoms with van der Waals surface area (Å²) < 4.78 is 16.3. The van der Waals surface area contributed by atoms with E-state index in [0.717, 1.165) is 12.8 Å². The third-order valence-corrected chi connectivity index (χ3v) is 4.85. The molecule has 3 rings (SSSR count). The molecule has 1 heterocycles. The summed E-state index contributed by atoms with van der Waals surface area (Å²) in [5.74, 6) is 1.32. The number of nitrogens with one attached hydrogen (secondary N) is 1. The molecule has 0 aliphatic carbocycles. The van der Waals surface area contributed by atoms with E-state index in [1.807, 2.05) is 11.0 Å². The lowest BCUT2D eigenvalue weighted by atomic mass is 10.1. The van der Waals surface area contributed by atoms with Crippen LogP contribution in [0.25, 0.3) is 0 Å². The van der Waals surface area contributed by atoms with Crippen LogP contribution in [-0.4, -0.2) is 61.0 Å². The zero-order valence-corrected chi connectivity index (χ0v) is 17.6. The number of aromatic hydroxyl groups is 1. The van der Waals surface area contributed by atoms with Gasteiger partial charge in [0.1, 0.15) is 30.0 Å².